The van der Waals surface area contributed by atoms with Crippen molar-refractivity contribution in [3.63, 3.8) is 0 Å². The van der Waals surface area contributed by atoms with E-state index < -0.39 is 0 Å². The first-order valence-electron chi connectivity index (χ1n) is 5.78. The molecular formula is C13H19NO2. The van der Waals surface area contributed by atoms with Gasteiger partial charge in [0.25, 0.3) is 0 Å². The standard InChI is InChI=1S/C13H19NO2/c1-3-12(7-6-10-16-11(2)15)13-8-4-5-9-14-13/h4-5,8-9,12H,3,6-7,10H2,1-2H3. The second-order valence-corrected chi connectivity index (χ2v) is 3.84. The van der Waals surface area contributed by atoms with Gasteiger partial charge in [0.1, 0.15) is 0 Å². The van der Waals surface area contributed by atoms with Crippen molar-refractivity contribution < 1.29 is 9.53 Å². The normalized spacial score (nSPS) is 12.1. The van der Waals surface area contributed by atoms with Crippen LogP contribution in [0.5, 0.6) is 0 Å². The number of rotatable bonds is 6. The van der Waals surface area contributed by atoms with Crippen LogP contribution in [0.25, 0.3) is 0 Å². The Morgan fingerprint density at radius 2 is 2.31 bits per heavy atom. The Labute approximate surface area is 96.8 Å². The van der Waals surface area contributed by atoms with Gasteiger partial charge in [-0.05, 0) is 31.4 Å². The molecule has 3 heteroatoms. The summed E-state index contributed by atoms with van der Waals surface area (Å²) >= 11 is 0. The van der Waals surface area contributed by atoms with Crippen LogP contribution in [0.2, 0.25) is 0 Å². The highest BCUT2D eigenvalue weighted by atomic mass is 16.5. The Morgan fingerprint density at radius 3 is 2.88 bits per heavy atom. The van der Waals surface area contributed by atoms with Gasteiger partial charge in [-0.15, -0.1) is 0 Å². The van der Waals surface area contributed by atoms with E-state index in [0.717, 1.165) is 25.0 Å². The second kappa shape index (κ2) is 6.99. The summed E-state index contributed by atoms with van der Waals surface area (Å²) < 4.78 is 4.91. The van der Waals surface area contributed by atoms with E-state index in [2.05, 4.69) is 18.0 Å². The first-order valence-corrected chi connectivity index (χ1v) is 5.78. The van der Waals surface area contributed by atoms with Crippen molar-refractivity contribution in [3.05, 3.63) is 30.1 Å². The third-order valence-corrected chi connectivity index (χ3v) is 2.60. The van der Waals surface area contributed by atoms with Gasteiger partial charge in [0, 0.05) is 24.7 Å². The van der Waals surface area contributed by atoms with Gasteiger partial charge in [0.2, 0.25) is 0 Å². The van der Waals surface area contributed by atoms with Crippen molar-refractivity contribution in [2.75, 3.05) is 6.61 Å². The van der Waals surface area contributed by atoms with E-state index in [0.29, 0.717) is 12.5 Å². The number of carbonyl (C=O) groups is 1. The van der Waals surface area contributed by atoms with E-state index in [1.165, 1.54) is 6.92 Å². The summed E-state index contributed by atoms with van der Waals surface area (Å²) in [5.41, 5.74) is 1.13. The maximum absolute atomic E-state index is 10.6. The van der Waals surface area contributed by atoms with Crippen LogP contribution < -0.4 is 0 Å². The molecule has 1 aromatic heterocycles. The van der Waals surface area contributed by atoms with Crippen molar-refractivity contribution in [3.8, 4) is 0 Å². The molecule has 1 atom stereocenters. The molecule has 0 aliphatic heterocycles. The highest BCUT2D eigenvalue weighted by Gasteiger charge is 2.09. The van der Waals surface area contributed by atoms with Gasteiger partial charge in [0.05, 0.1) is 6.61 Å². The molecule has 1 rings (SSSR count). The Balaban J connectivity index is 2.35. The molecule has 1 heterocycles. The number of nitrogens with zero attached hydrogens (tertiary/aromatic N) is 1. The monoisotopic (exact) mass is 221 g/mol. The van der Waals surface area contributed by atoms with Gasteiger partial charge in [-0.3, -0.25) is 9.78 Å². The molecule has 0 saturated heterocycles. The molecule has 0 radical (unpaired) electrons. The lowest BCUT2D eigenvalue weighted by molar-refractivity contribution is -0.141. The summed E-state index contributed by atoms with van der Waals surface area (Å²) in [4.78, 5) is 14.9. The zero-order valence-corrected chi connectivity index (χ0v) is 9.98. The second-order valence-electron chi connectivity index (χ2n) is 3.84. The van der Waals surface area contributed by atoms with Gasteiger partial charge in [-0.2, -0.15) is 0 Å². The Morgan fingerprint density at radius 1 is 1.50 bits per heavy atom. The molecule has 16 heavy (non-hydrogen) atoms. The van der Waals surface area contributed by atoms with Crippen LogP contribution in [-0.4, -0.2) is 17.6 Å². The minimum atomic E-state index is -0.203. The molecule has 0 fully saturated rings. The van der Waals surface area contributed by atoms with E-state index in [-0.39, 0.29) is 5.97 Å². The van der Waals surface area contributed by atoms with Crippen molar-refractivity contribution in [1.29, 1.82) is 0 Å². The summed E-state index contributed by atoms with van der Waals surface area (Å²) in [5, 5.41) is 0. The highest BCUT2D eigenvalue weighted by molar-refractivity contribution is 5.65. The third kappa shape index (κ3) is 4.43. The third-order valence-electron chi connectivity index (χ3n) is 2.60. The number of hydrogen-bond donors (Lipinski definition) is 0. The van der Waals surface area contributed by atoms with Crippen LogP contribution in [0.15, 0.2) is 24.4 Å². The molecule has 0 aliphatic rings. The lowest BCUT2D eigenvalue weighted by Gasteiger charge is -2.13. The van der Waals surface area contributed by atoms with Gasteiger partial charge >= 0.3 is 5.97 Å². The van der Waals surface area contributed by atoms with Crippen LogP contribution >= 0.6 is 0 Å². The zero-order valence-electron chi connectivity index (χ0n) is 9.98. The molecule has 0 aliphatic carbocycles. The van der Waals surface area contributed by atoms with Gasteiger partial charge in [-0.25, -0.2) is 0 Å². The minimum absolute atomic E-state index is 0.203. The van der Waals surface area contributed by atoms with Crippen molar-refractivity contribution in [2.24, 2.45) is 0 Å². The number of carbonyl (C=O) groups excluding carboxylic acids is 1. The maximum Gasteiger partial charge on any atom is 0.302 e. The van der Waals surface area contributed by atoms with E-state index >= 15 is 0 Å². The van der Waals surface area contributed by atoms with Crippen molar-refractivity contribution in [1.82, 2.24) is 4.98 Å². The SMILES string of the molecule is CCC(CCCOC(C)=O)c1ccccn1. The molecule has 0 saturated carbocycles. The summed E-state index contributed by atoms with van der Waals surface area (Å²) in [6, 6.07) is 5.99. The smallest absolute Gasteiger partial charge is 0.302 e. The average Bonchev–Trinajstić information content (AvgIpc) is 2.30. The van der Waals surface area contributed by atoms with E-state index in [4.69, 9.17) is 4.74 Å². The summed E-state index contributed by atoms with van der Waals surface area (Å²) in [7, 11) is 0. The summed E-state index contributed by atoms with van der Waals surface area (Å²) in [6.45, 7) is 4.11. The van der Waals surface area contributed by atoms with Crippen molar-refractivity contribution in [2.45, 2.75) is 39.0 Å². The molecule has 0 N–H and O–H groups in total. The van der Waals surface area contributed by atoms with Gasteiger partial charge < -0.3 is 4.74 Å². The minimum Gasteiger partial charge on any atom is -0.466 e. The summed E-state index contributed by atoms with van der Waals surface area (Å²) in [5.74, 6) is 0.266. The molecule has 1 aromatic rings. The van der Waals surface area contributed by atoms with E-state index in [9.17, 15) is 4.79 Å². The number of pyridine rings is 1. The van der Waals surface area contributed by atoms with Crippen LogP contribution in [0, 0.1) is 0 Å². The Kier molecular flexibility index (Phi) is 5.54. The number of esters is 1. The lowest BCUT2D eigenvalue weighted by Crippen LogP contribution is -2.04. The largest absolute Gasteiger partial charge is 0.466 e. The van der Waals surface area contributed by atoms with Crippen LogP contribution in [0.4, 0.5) is 0 Å². The lowest BCUT2D eigenvalue weighted by atomic mass is 9.96. The molecule has 0 spiro atoms. The van der Waals surface area contributed by atoms with Gasteiger partial charge in [-0.1, -0.05) is 13.0 Å². The molecule has 3 nitrogen and oxygen atoms in total. The van der Waals surface area contributed by atoms with E-state index in [1.54, 1.807) is 0 Å². The summed E-state index contributed by atoms with van der Waals surface area (Å²) in [6.07, 6.45) is 4.80. The first-order chi connectivity index (χ1) is 7.74. The predicted molar refractivity (Wildman–Crippen MR) is 63.1 cm³/mol. The number of hydrogen-bond acceptors (Lipinski definition) is 3. The topological polar surface area (TPSA) is 39.2 Å². The molecule has 0 amide bonds. The van der Waals surface area contributed by atoms with Gasteiger partial charge in [0.15, 0.2) is 0 Å². The zero-order chi connectivity index (χ0) is 11.8. The quantitative estimate of drug-likeness (QED) is 0.547. The average molecular weight is 221 g/mol. The highest BCUT2D eigenvalue weighted by Crippen LogP contribution is 2.22. The van der Waals surface area contributed by atoms with Crippen LogP contribution in [0.1, 0.15) is 44.7 Å². The van der Waals surface area contributed by atoms with Crippen LogP contribution in [-0.2, 0) is 9.53 Å². The first kappa shape index (κ1) is 12.7. The fraction of sp³-hybridized carbons (Fsp3) is 0.538. The van der Waals surface area contributed by atoms with Crippen molar-refractivity contribution >= 4 is 5.97 Å². The number of aromatic nitrogens is 1. The Bertz CT molecular complexity index is 311. The molecule has 0 aromatic carbocycles. The fourth-order valence-electron chi connectivity index (χ4n) is 1.72. The fourth-order valence-corrected chi connectivity index (χ4v) is 1.72. The Hall–Kier alpha value is -1.38. The molecule has 1 unspecified atom stereocenters. The van der Waals surface area contributed by atoms with E-state index in [1.807, 2.05) is 18.3 Å². The maximum atomic E-state index is 10.6. The number of ether oxygens (including phenoxy) is 1. The van der Waals surface area contributed by atoms with Crippen LogP contribution in [0.3, 0.4) is 0 Å². The predicted octanol–water partition coefficient (Wildman–Crippen LogP) is 2.92. The molecular weight excluding hydrogens is 202 g/mol. The molecule has 88 valence electrons. The molecule has 0 bridgehead atoms.